The lowest BCUT2D eigenvalue weighted by Gasteiger charge is -2.09. The molecule has 0 bridgehead atoms. The lowest BCUT2D eigenvalue weighted by atomic mass is 10.0. The highest BCUT2D eigenvalue weighted by atomic mass is 16.5. The number of anilines is 1. The maximum Gasteiger partial charge on any atom is 0.222 e. The van der Waals surface area contributed by atoms with E-state index >= 15 is 0 Å². The minimum absolute atomic E-state index is 0.148. The summed E-state index contributed by atoms with van der Waals surface area (Å²) in [5.41, 5.74) is 7.66. The Kier molecular flexibility index (Phi) is 2.44. The van der Waals surface area contributed by atoms with E-state index in [1.54, 1.807) is 12.1 Å². The quantitative estimate of drug-likeness (QED) is 0.808. The molecule has 2 aromatic rings. The molecule has 1 heterocycles. The first-order chi connectivity index (χ1) is 7.61. The topological polar surface area (TPSA) is 81.5 Å². The van der Waals surface area contributed by atoms with E-state index in [9.17, 15) is 5.11 Å². The molecule has 0 aliphatic rings. The molecule has 0 atom stereocenters. The van der Waals surface area contributed by atoms with Gasteiger partial charge in [0.2, 0.25) is 5.88 Å². The SMILES string of the molecule is COc1cc(O)cc(C)c1-c1cc(N)on1. The molecule has 5 heteroatoms. The second-order valence-electron chi connectivity index (χ2n) is 3.45. The standard InChI is InChI=1S/C11H12N2O3/c1-6-3-7(14)4-9(15-2)11(6)8-5-10(12)16-13-8/h3-5,14H,12H2,1-2H3. The lowest BCUT2D eigenvalue weighted by Crippen LogP contribution is -1.91. The molecule has 0 saturated carbocycles. The highest BCUT2D eigenvalue weighted by molar-refractivity contribution is 5.73. The van der Waals surface area contributed by atoms with Crippen LogP contribution in [0.2, 0.25) is 0 Å². The predicted molar refractivity (Wildman–Crippen MR) is 59.3 cm³/mol. The summed E-state index contributed by atoms with van der Waals surface area (Å²) in [7, 11) is 1.53. The van der Waals surface area contributed by atoms with Crippen LogP contribution in [0.1, 0.15) is 5.56 Å². The Morgan fingerprint density at radius 3 is 2.69 bits per heavy atom. The van der Waals surface area contributed by atoms with Gasteiger partial charge in [-0.2, -0.15) is 0 Å². The number of nitrogen functional groups attached to an aromatic ring is 1. The van der Waals surface area contributed by atoms with Gasteiger partial charge in [0.15, 0.2) is 0 Å². The molecule has 1 aromatic carbocycles. The van der Waals surface area contributed by atoms with Gasteiger partial charge in [-0.1, -0.05) is 5.16 Å². The lowest BCUT2D eigenvalue weighted by molar-refractivity contribution is 0.407. The first-order valence-electron chi connectivity index (χ1n) is 4.72. The Morgan fingerprint density at radius 1 is 1.38 bits per heavy atom. The van der Waals surface area contributed by atoms with E-state index in [0.717, 1.165) is 11.1 Å². The molecular weight excluding hydrogens is 208 g/mol. The summed E-state index contributed by atoms with van der Waals surface area (Å²) in [5, 5.41) is 13.3. The second kappa shape index (κ2) is 3.77. The number of phenolic OH excluding ortho intramolecular Hbond substituents is 1. The minimum atomic E-state index is 0.148. The van der Waals surface area contributed by atoms with Crippen LogP contribution in [0.25, 0.3) is 11.3 Å². The number of rotatable bonds is 2. The number of methoxy groups -OCH3 is 1. The molecule has 0 unspecified atom stereocenters. The predicted octanol–water partition coefficient (Wildman–Crippen LogP) is 1.95. The smallest absolute Gasteiger partial charge is 0.222 e. The van der Waals surface area contributed by atoms with Crippen molar-refractivity contribution in [2.24, 2.45) is 0 Å². The highest BCUT2D eigenvalue weighted by Crippen LogP contribution is 2.36. The molecule has 0 amide bonds. The maximum absolute atomic E-state index is 9.45. The average molecular weight is 220 g/mol. The van der Waals surface area contributed by atoms with E-state index in [1.165, 1.54) is 13.2 Å². The van der Waals surface area contributed by atoms with Gasteiger partial charge in [0.25, 0.3) is 0 Å². The minimum Gasteiger partial charge on any atom is -0.508 e. The van der Waals surface area contributed by atoms with Gasteiger partial charge >= 0.3 is 0 Å². The van der Waals surface area contributed by atoms with Gasteiger partial charge in [-0.05, 0) is 18.6 Å². The normalized spacial score (nSPS) is 10.4. The van der Waals surface area contributed by atoms with Gasteiger partial charge in [-0.3, -0.25) is 0 Å². The Labute approximate surface area is 92.4 Å². The molecule has 0 saturated heterocycles. The van der Waals surface area contributed by atoms with Crippen molar-refractivity contribution in [1.29, 1.82) is 0 Å². The molecule has 84 valence electrons. The van der Waals surface area contributed by atoms with Crippen LogP contribution in [0.4, 0.5) is 5.88 Å². The summed E-state index contributed by atoms with van der Waals surface area (Å²) in [6.07, 6.45) is 0. The number of phenols is 1. The summed E-state index contributed by atoms with van der Waals surface area (Å²) in [6, 6.07) is 4.76. The number of hydrogen-bond donors (Lipinski definition) is 2. The van der Waals surface area contributed by atoms with E-state index in [1.807, 2.05) is 6.92 Å². The number of hydrogen-bond acceptors (Lipinski definition) is 5. The van der Waals surface area contributed by atoms with Gasteiger partial charge in [0, 0.05) is 17.7 Å². The monoisotopic (exact) mass is 220 g/mol. The van der Waals surface area contributed by atoms with Crippen molar-refractivity contribution >= 4 is 5.88 Å². The zero-order chi connectivity index (χ0) is 11.7. The van der Waals surface area contributed by atoms with Crippen LogP contribution < -0.4 is 10.5 Å². The fourth-order valence-corrected chi connectivity index (χ4v) is 1.63. The van der Waals surface area contributed by atoms with Crippen molar-refractivity contribution in [3.05, 3.63) is 23.8 Å². The van der Waals surface area contributed by atoms with Crippen LogP contribution in [-0.2, 0) is 0 Å². The van der Waals surface area contributed by atoms with E-state index in [4.69, 9.17) is 15.0 Å². The molecule has 5 nitrogen and oxygen atoms in total. The largest absolute Gasteiger partial charge is 0.508 e. The van der Waals surface area contributed by atoms with Crippen LogP contribution in [0.15, 0.2) is 22.7 Å². The van der Waals surface area contributed by atoms with Crippen molar-refractivity contribution in [3.63, 3.8) is 0 Å². The molecular formula is C11H12N2O3. The Hall–Kier alpha value is -2.17. The maximum atomic E-state index is 9.45. The third-order valence-corrected chi connectivity index (χ3v) is 2.29. The number of benzene rings is 1. The summed E-state index contributed by atoms with van der Waals surface area (Å²) < 4.78 is 10.0. The Balaban J connectivity index is 2.63. The van der Waals surface area contributed by atoms with E-state index in [0.29, 0.717) is 11.4 Å². The molecule has 3 N–H and O–H groups in total. The molecule has 0 radical (unpaired) electrons. The number of aromatic nitrogens is 1. The molecule has 0 aliphatic heterocycles. The molecule has 0 aliphatic carbocycles. The van der Waals surface area contributed by atoms with Crippen molar-refractivity contribution < 1.29 is 14.4 Å². The number of aryl methyl sites for hydroxylation is 1. The fourth-order valence-electron chi connectivity index (χ4n) is 1.63. The molecule has 0 spiro atoms. The van der Waals surface area contributed by atoms with E-state index in [2.05, 4.69) is 5.16 Å². The van der Waals surface area contributed by atoms with Crippen LogP contribution in [0.5, 0.6) is 11.5 Å². The van der Waals surface area contributed by atoms with Crippen LogP contribution in [-0.4, -0.2) is 17.4 Å². The van der Waals surface area contributed by atoms with Gasteiger partial charge in [-0.25, -0.2) is 0 Å². The Morgan fingerprint density at radius 2 is 2.12 bits per heavy atom. The van der Waals surface area contributed by atoms with E-state index in [-0.39, 0.29) is 11.6 Å². The number of aromatic hydroxyl groups is 1. The second-order valence-corrected chi connectivity index (χ2v) is 3.45. The first kappa shape index (κ1) is 10.4. The fraction of sp³-hybridized carbons (Fsp3) is 0.182. The van der Waals surface area contributed by atoms with Crippen LogP contribution >= 0.6 is 0 Å². The summed E-state index contributed by atoms with van der Waals surface area (Å²) in [5.74, 6) is 0.921. The first-order valence-corrected chi connectivity index (χ1v) is 4.72. The van der Waals surface area contributed by atoms with Gasteiger partial charge < -0.3 is 20.1 Å². The number of nitrogens with zero attached hydrogens (tertiary/aromatic N) is 1. The third kappa shape index (κ3) is 1.67. The third-order valence-electron chi connectivity index (χ3n) is 2.29. The van der Waals surface area contributed by atoms with Crippen molar-refractivity contribution in [2.45, 2.75) is 6.92 Å². The molecule has 2 rings (SSSR count). The van der Waals surface area contributed by atoms with Gasteiger partial charge in [0.05, 0.1) is 7.11 Å². The van der Waals surface area contributed by atoms with Gasteiger partial charge in [-0.15, -0.1) is 0 Å². The van der Waals surface area contributed by atoms with Crippen molar-refractivity contribution in [2.75, 3.05) is 12.8 Å². The Bertz CT molecular complexity index is 520. The summed E-state index contributed by atoms with van der Waals surface area (Å²) in [4.78, 5) is 0. The zero-order valence-corrected chi connectivity index (χ0v) is 9.02. The molecule has 16 heavy (non-hydrogen) atoms. The molecule has 0 fully saturated rings. The van der Waals surface area contributed by atoms with Crippen LogP contribution in [0.3, 0.4) is 0 Å². The van der Waals surface area contributed by atoms with Gasteiger partial charge in [0.1, 0.15) is 17.2 Å². The zero-order valence-electron chi connectivity index (χ0n) is 9.02. The van der Waals surface area contributed by atoms with Crippen LogP contribution in [0, 0.1) is 6.92 Å². The highest BCUT2D eigenvalue weighted by Gasteiger charge is 2.14. The number of ether oxygens (including phenoxy) is 1. The van der Waals surface area contributed by atoms with Crippen molar-refractivity contribution in [1.82, 2.24) is 5.16 Å². The molecule has 1 aromatic heterocycles. The van der Waals surface area contributed by atoms with Crippen molar-refractivity contribution in [3.8, 4) is 22.8 Å². The van der Waals surface area contributed by atoms with E-state index < -0.39 is 0 Å². The summed E-state index contributed by atoms with van der Waals surface area (Å²) in [6.45, 7) is 1.85. The number of nitrogens with two attached hydrogens (primary N) is 1. The average Bonchev–Trinajstić information content (AvgIpc) is 2.63. The summed E-state index contributed by atoms with van der Waals surface area (Å²) >= 11 is 0.